The Balaban J connectivity index is 2.08. The van der Waals surface area contributed by atoms with Crippen molar-refractivity contribution < 1.29 is 9.32 Å². The number of aryl methyl sites for hydroxylation is 1. The van der Waals surface area contributed by atoms with E-state index in [2.05, 4.69) is 15.1 Å². The van der Waals surface area contributed by atoms with Crippen LogP contribution >= 0.6 is 0 Å². The zero-order valence-electron chi connectivity index (χ0n) is 14.2. The van der Waals surface area contributed by atoms with Crippen LogP contribution in [-0.4, -0.2) is 39.0 Å². The molecule has 2 heterocycles. The monoisotopic (exact) mass is 314 g/mol. The van der Waals surface area contributed by atoms with Gasteiger partial charge in [0.15, 0.2) is 5.82 Å². The number of aromatic nitrogens is 3. The Morgan fingerprint density at radius 2 is 2.17 bits per heavy atom. The minimum atomic E-state index is -0.0292. The van der Waals surface area contributed by atoms with Crippen molar-refractivity contribution in [3.63, 3.8) is 0 Å². The van der Waals surface area contributed by atoms with Gasteiger partial charge < -0.3 is 9.42 Å². The van der Waals surface area contributed by atoms with E-state index in [0.29, 0.717) is 18.1 Å². The van der Waals surface area contributed by atoms with Gasteiger partial charge in [-0.05, 0) is 39.3 Å². The van der Waals surface area contributed by atoms with Crippen molar-refractivity contribution in [3.8, 4) is 11.5 Å². The summed E-state index contributed by atoms with van der Waals surface area (Å²) in [7, 11) is 1.78. The molecule has 0 aliphatic rings. The Hall–Kier alpha value is -2.50. The number of likely N-dealkylation sites (N-methyl/N-ethyl adjacent to an activating group) is 1. The van der Waals surface area contributed by atoms with Crippen molar-refractivity contribution in [2.75, 3.05) is 7.05 Å². The molecule has 0 fully saturated rings. The molecule has 23 heavy (non-hydrogen) atoms. The first-order chi connectivity index (χ1) is 10.9. The average Bonchev–Trinajstić information content (AvgIpc) is 3.01. The normalized spacial score (nSPS) is 13.0. The number of rotatable bonds is 5. The number of carbonyl (C=O) groups excluding carboxylic acids is 1. The van der Waals surface area contributed by atoms with E-state index in [4.69, 9.17) is 4.52 Å². The van der Waals surface area contributed by atoms with Crippen molar-refractivity contribution in [1.82, 2.24) is 20.0 Å². The van der Waals surface area contributed by atoms with Gasteiger partial charge in [0, 0.05) is 37.5 Å². The number of carbonyl (C=O) groups is 1. The third-order valence-corrected chi connectivity index (χ3v) is 3.82. The van der Waals surface area contributed by atoms with Crippen molar-refractivity contribution in [2.45, 2.75) is 40.2 Å². The summed E-state index contributed by atoms with van der Waals surface area (Å²) < 4.78 is 5.30. The molecule has 6 heteroatoms. The fourth-order valence-corrected chi connectivity index (χ4v) is 2.13. The minimum Gasteiger partial charge on any atom is -0.339 e. The van der Waals surface area contributed by atoms with E-state index < -0.39 is 0 Å². The SMILES string of the molecule is C/C=C(\C)C(=O)N(C)C(C)Cc1noc(-c2cncc(C)c2)n1. The largest absolute Gasteiger partial charge is 0.339 e. The third kappa shape index (κ3) is 4.03. The van der Waals surface area contributed by atoms with Crippen LogP contribution in [0.25, 0.3) is 11.5 Å². The zero-order chi connectivity index (χ0) is 17.0. The molecule has 0 aliphatic heterocycles. The van der Waals surface area contributed by atoms with Gasteiger partial charge in [-0.15, -0.1) is 0 Å². The Morgan fingerprint density at radius 3 is 2.83 bits per heavy atom. The van der Waals surface area contributed by atoms with Gasteiger partial charge in [0.1, 0.15) is 0 Å². The maximum atomic E-state index is 12.2. The summed E-state index contributed by atoms with van der Waals surface area (Å²) >= 11 is 0. The number of hydrogen-bond acceptors (Lipinski definition) is 5. The van der Waals surface area contributed by atoms with Gasteiger partial charge >= 0.3 is 0 Å². The van der Waals surface area contributed by atoms with Gasteiger partial charge in [-0.25, -0.2) is 0 Å². The molecular formula is C17H22N4O2. The Morgan fingerprint density at radius 1 is 1.43 bits per heavy atom. The maximum Gasteiger partial charge on any atom is 0.259 e. The summed E-state index contributed by atoms with van der Waals surface area (Å²) in [5, 5.41) is 4.00. The molecular weight excluding hydrogens is 292 g/mol. The van der Waals surface area contributed by atoms with E-state index in [1.807, 2.05) is 39.8 Å². The zero-order valence-corrected chi connectivity index (χ0v) is 14.2. The van der Waals surface area contributed by atoms with Gasteiger partial charge in [0.25, 0.3) is 5.89 Å². The van der Waals surface area contributed by atoms with Crippen LogP contribution in [0.2, 0.25) is 0 Å². The van der Waals surface area contributed by atoms with E-state index in [9.17, 15) is 4.79 Å². The highest BCUT2D eigenvalue weighted by Crippen LogP contribution is 2.18. The van der Waals surface area contributed by atoms with Crippen molar-refractivity contribution >= 4 is 5.91 Å². The highest BCUT2D eigenvalue weighted by Gasteiger charge is 2.19. The number of pyridine rings is 1. The van der Waals surface area contributed by atoms with Crippen LogP contribution in [0, 0.1) is 6.92 Å². The quantitative estimate of drug-likeness (QED) is 0.794. The summed E-state index contributed by atoms with van der Waals surface area (Å²) in [5.74, 6) is 1.03. The summed E-state index contributed by atoms with van der Waals surface area (Å²) in [6.07, 6.45) is 5.80. The van der Waals surface area contributed by atoms with E-state index in [-0.39, 0.29) is 11.9 Å². The molecule has 0 N–H and O–H groups in total. The first-order valence-electron chi connectivity index (χ1n) is 7.57. The minimum absolute atomic E-state index is 0.00611. The van der Waals surface area contributed by atoms with Crippen molar-refractivity contribution in [3.05, 3.63) is 41.5 Å². The van der Waals surface area contributed by atoms with Crippen molar-refractivity contribution in [2.24, 2.45) is 0 Å². The van der Waals surface area contributed by atoms with Crippen LogP contribution in [-0.2, 0) is 11.2 Å². The molecule has 122 valence electrons. The number of hydrogen-bond donors (Lipinski definition) is 0. The summed E-state index contributed by atoms with van der Waals surface area (Å²) in [4.78, 5) is 22.4. The molecule has 1 unspecified atom stereocenters. The lowest BCUT2D eigenvalue weighted by Crippen LogP contribution is -2.37. The molecule has 0 radical (unpaired) electrons. The van der Waals surface area contributed by atoms with Gasteiger partial charge in [-0.1, -0.05) is 11.2 Å². The van der Waals surface area contributed by atoms with E-state index >= 15 is 0 Å². The number of nitrogens with zero attached hydrogens (tertiary/aromatic N) is 4. The molecule has 0 spiro atoms. The standard InChI is InChI=1S/C17H22N4O2/c1-6-12(3)17(22)21(5)13(4)8-15-19-16(23-20-15)14-7-11(2)9-18-10-14/h6-7,9-10,13H,8H2,1-5H3/b12-6+. The lowest BCUT2D eigenvalue weighted by atomic mass is 10.1. The Labute approximate surface area is 136 Å². The lowest BCUT2D eigenvalue weighted by molar-refractivity contribution is -0.127. The predicted molar refractivity (Wildman–Crippen MR) is 87.6 cm³/mol. The summed E-state index contributed by atoms with van der Waals surface area (Å²) in [6.45, 7) is 7.58. The molecule has 0 aliphatic carbocycles. The van der Waals surface area contributed by atoms with E-state index in [1.54, 1.807) is 24.3 Å². The fourth-order valence-electron chi connectivity index (χ4n) is 2.13. The van der Waals surface area contributed by atoms with Crippen LogP contribution < -0.4 is 0 Å². The van der Waals surface area contributed by atoms with Gasteiger partial charge in [-0.2, -0.15) is 4.98 Å². The Kier molecular flexibility index (Phi) is 5.26. The summed E-state index contributed by atoms with van der Waals surface area (Å²) in [6, 6.07) is 1.91. The van der Waals surface area contributed by atoms with E-state index in [0.717, 1.165) is 16.7 Å². The van der Waals surface area contributed by atoms with Crippen LogP contribution in [0.3, 0.4) is 0 Å². The van der Waals surface area contributed by atoms with Crippen LogP contribution in [0.5, 0.6) is 0 Å². The molecule has 0 saturated carbocycles. The molecule has 1 amide bonds. The second-order valence-electron chi connectivity index (χ2n) is 5.71. The van der Waals surface area contributed by atoms with Crippen LogP contribution in [0.15, 0.2) is 34.6 Å². The van der Waals surface area contributed by atoms with E-state index in [1.165, 1.54) is 0 Å². The first kappa shape index (κ1) is 16.9. The molecule has 0 saturated heterocycles. The first-order valence-corrected chi connectivity index (χ1v) is 7.57. The smallest absolute Gasteiger partial charge is 0.259 e. The van der Waals surface area contributed by atoms with Gasteiger partial charge in [0.05, 0.1) is 5.56 Å². The average molecular weight is 314 g/mol. The highest BCUT2D eigenvalue weighted by molar-refractivity contribution is 5.92. The summed E-state index contributed by atoms with van der Waals surface area (Å²) in [5.41, 5.74) is 2.55. The number of amides is 1. The number of allylic oxidation sites excluding steroid dienone is 1. The van der Waals surface area contributed by atoms with Crippen LogP contribution in [0.1, 0.15) is 32.2 Å². The molecule has 1 atom stereocenters. The molecule has 6 nitrogen and oxygen atoms in total. The van der Waals surface area contributed by atoms with Crippen LogP contribution in [0.4, 0.5) is 0 Å². The molecule has 0 bridgehead atoms. The molecule has 2 aromatic rings. The molecule has 0 aromatic carbocycles. The topological polar surface area (TPSA) is 72.1 Å². The Bertz CT molecular complexity index is 721. The molecule has 2 rings (SSSR count). The second-order valence-corrected chi connectivity index (χ2v) is 5.71. The fraction of sp³-hybridized carbons (Fsp3) is 0.412. The predicted octanol–water partition coefficient (Wildman–Crippen LogP) is 2.80. The maximum absolute atomic E-state index is 12.2. The van der Waals surface area contributed by atoms with Crippen molar-refractivity contribution in [1.29, 1.82) is 0 Å². The second kappa shape index (κ2) is 7.17. The lowest BCUT2D eigenvalue weighted by Gasteiger charge is -2.24. The van der Waals surface area contributed by atoms with Gasteiger partial charge in [0.2, 0.25) is 5.91 Å². The molecule has 2 aromatic heterocycles. The van der Waals surface area contributed by atoms with Gasteiger partial charge in [-0.3, -0.25) is 9.78 Å². The third-order valence-electron chi connectivity index (χ3n) is 3.82. The highest BCUT2D eigenvalue weighted by atomic mass is 16.5.